The standard InChI is InChI=1S/C16H30N6O6.C2HF3O2/c1-3-9(2)13(22-12(24)8-20-11(23)7-17)14(25)21-10(15(26)27)5-4-6-19-16(18)28;3-2(4,5)1(6)7/h9-10,13H,3-8,17H2,1-2H3,(H,20,23)(H,21,25)(H,22,24)(H,26,27)(H3,18,19,28);(H,6,7)/t9?,10-,13-;/m0./s1. The van der Waals surface area contributed by atoms with E-state index >= 15 is 0 Å². The molecule has 5 amide bonds. The van der Waals surface area contributed by atoms with Crippen molar-refractivity contribution in [2.45, 2.75) is 51.4 Å². The van der Waals surface area contributed by atoms with E-state index in [0.717, 1.165) is 0 Å². The van der Waals surface area contributed by atoms with Crippen molar-refractivity contribution in [3.63, 3.8) is 0 Å². The zero-order valence-electron chi connectivity index (χ0n) is 19.1. The molecule has 0 heterocycles. The van der Waals surface area contributed by atoms with Crippen molar-refractivity contribution >= 4 is 35.7 Å². The van der Waals surface area contributed by atoms with Gasteiger partial charge in [0.2, 0.25) is 17.7 Å². The number of nitrogens with one attached hydrogen (secondary N) is 4. The average Bonchev–Trinajstić information content (AvgIpc) is 2.76. The molecule has 3 atom stereocenters. The number of carboxylic acid groups (broad SMARTS) is 2. The number of alkyl halides is 3. The minimum Gasteiger partial charge on any atom is -0.480 e. The number of amides is 5. The second-order valence-electron chi connectivity index (χ2n) is 7.05. The lowest BCUT2D eigenvalue weighted by molar-refractivity contribution is -0.192. The van der Waals surface area contributed by atoms with Crippen LogP contribution in [0.15, 0.2) is 0 Å². The highest BCUT2D eigenvalue weighted by Gasteiger charge is 2.38. The summed E-state index contributed by atoms with van der Waals surface area (Å²) in [6.07, 6.45) is -4.19. The topological polar surface area (TPSA) is 243 Å². The van der Waals surface area contributed by atoms with Gasteiger partial charge in [0.1, 0.15) is 12.1 Å². The van der Waals surface area contributed by atoms with Gasteiger partial charge in [0, 0.05) is 6.54 Å². The van der Waals surface area contributed by atoms with Crippen LogP contribution in [-0.2, 0) is 24.0 Å². The third kappa shape index (κ3) is 16.6. The zero-order valence-corrected chi connectivity index (χ0v) is 19.1. The first kappa shape index (κ1) is 33.5. The SMILES string of the molecule is CCC(C)[C@H](NC(=O)CNC(=O)CN)C(=O)N[C@@H](CCCNC(N)=O)C(=O)O.O=C(O)C(F)(F)F. The molecule has 0 rings (SSSR count). The van der Waals surface area contributed by atoms with Crippen LogP contribution >= 0.6 is 0 Å². The van der Waals surface area contributed by atoms with Crippen molar-refractivity contribution in [1.82, 2.24) is 21.3 Å². The molecule has 0 spiro atoms. The van der Waals surface area contributed by atoms with Crippen molar-refractivity contribution in [1.29, 1.82) is 0 Å². The molecule has 0 radical (unpaired) electrons. The monoisotopic (exact) mass is 516 g/mol. The van der Waals surface area contributed by atoms with E-state index < -0.39 is 54.0 Å². The lowest BCUT2D eigenvalue weighted by atomic mass is 9.97. The van der Waals surface area contributed by atoms with Crippen molar-refractivity contribution in [2.24, 2.45) is 17.4 Å². The molecule has 202 valence electrons. The second-order valence-corrected chi connectivity index (χ2v) is 7.05. The van der Waals surface area contributed by atoms with Gasteiger partial charge in [-0.2, -0.15) is 13.2 Å². The van der Waals surface area contributed by atoms with Gasteiger partial charge in [-0.15, -0.1) is 0 Å². The van der Waals surface area contributed by atoms with E-state index in [2.05, 4.69) is 21.3 Å². The van der Waals surface area contributed by atoms with Crippen LogP contribution in [0.5, 0.6) is 0 Å². The maximum atomic E-state index is 12.5. The summed E-state index contributed by atoms with van der Waals surface area (Å²) in [6, 6.07) is -2.89. The number of hydrogen-bond acceptors (Lipinski definition) is 7. The van der Waals surface area contributed by atoms with Gasteiger partial charge in [-0.3, -0.25) is 14.4 Å². The number of carboxylic acids is 2. The number of carbonyl (C=O) groups excluding carboxylic acids is 4. The Kier molecular flexibility index (Phi) is 16.2. The van der Waals surface area contributed by atoms with Gasteiger partial charge < -0.3 is 42.9 Å². The number of hydrogen-bond donors (Lipinski definition) is 8. The summed E-state index contributed by atoms with van der Waals surface area (Å²) < 4.78 is 31.7. The summed E-state index contributed by atoms with van der Waals surface area (Å²) in [5.74, 6) is -6.04. The first-order valence-electron chi connectivity index (χ1n) is 10.2. The molecule has 0 aromatic heterocycles. The maximum Gasteiger partial charge on any atom is 0.490 e. The van der Waals surface area contributed by atoms with Gasteiger partial charge in [0.25, 0.3) is 0 Å². The van der Waals surface area contributed by atoms with Gasteiger partial charge in [-0.05, 0) is 18.8 Å². The van der Waals surface area contributed by atoms with E-state index in [4.69, 9.17) is 21.4 Å². The van der Waals surface area contributed by atoms with Gasteiger partial charge in [-0.25, -0.2) is 14.4 Å². The van der Waals surface area contributed by atoms with Crippen LogP contribution in [-0.4, -0.2) is 83.8 Å². The van der Waals surface area contributed by atoms with E-state index in [-0.39, 0.29) is 38.4 Å². The van der Waals surface area contributed by atoms with Gasteiger partial charge in [0.15, 0.2) is 0 Å². The summed E-state index contributed by atoms with van der Waals surface area (Å²) in [6.45, 7) is 3.10. The molecule has 0 aliphatic heterocycles. The molecule has 10 N–H and O–H groups in total. The normalized spacial score (nSPS) is 13.1. The van der Waals surface area contributed by atoms with E-state index in [0.29, 0.717) is 6.42 Å². The quantitative estimate of drug-likeness (QED) is 0.129. The number of halogens is 3. The number of carbonyl (C=O) groups is 6. The van der Waals surface area contributed by atoms with Gasteiger partial charge in [-0.1, -0.05) is 20.3 Å². The number of primary amides is 1. The van der Waals surface area contributed by atoms with Crippen LogP contribution < -0.4 is 32.7 Å². The number of aliphatic carboxylic acids is 2. The molecule has 0 saturated heterocycles. The fraction of sp³-hybridized carbons (Fsp3) is 0.667. The third-order valence-electron chi connectivity index (χ3n) is 4.27. The largest absolute Gasteiger partial charge is 0.490 e. The minimum atomic E-state index is -5.08. The van der Waals surface area contributed by atoms with Crippen LogP contribution in [0, 0.1) is 5.92 Å². The zero-order chi connectivity index (χ0) is 27.8. The molecule has 35 heavy (non-hydrogen) atoms. The van der Waals surface area contributed by atoms with Crippen LogP contribution in [0.4, 0.5) is 18.0 Å². The summed E-state index contributed by atoms with van der Waals surface area (Å²) in [5, 5.41) is 25.9. The fourth-order valence-electron chi connectivity index (χ4n) is 2.21. The summed E-state index contributed by atoms with van der Waals surface area (Å²) in [4.78, 5) is 66.5. The van der Waals surface area contributed by atoms with Gasteiger partial charge in [0.05, 0.1) is 13.1 Å². The Morgan fingerprint density at radius 3 is 1.91 bits per heavy atom. The molecular weight excluding hydrogens is 485 g/mol. The number of nitrogens with two attached hydrogens (primary N) is 2. The first-order valence-corrected chi connectivity index (χ1v) is 10.2. The smallest absolute Gasteiger partial charge is 0.480 e. The molecular formula is C18H31F3N6O8. The Bertz CT molecular complexity index is 750. The summed E-state index contributed by atoms with van der Waals surface area (Å²) in [5.41, 5.74) is 10.1. The molecule has 0 aromatic carbocycles. The van der Waals surface area contributed by atoms with Crippen LogP contribution in [0.1, 0.15) is 33.1 Å². The van der Waals surface area contributed by atoms with Crippen molar-refractivity contribution in [3.05, 3.63) is 0 Å². The molecule has 0 aliphatic rings. The Balaban J connectivity index is 0. The van der Waals surface area contributed by atoms with Crippen molar-refractivity contribution in [3.8, 4) is 0 Å². The van der Waals surface area contributed by atoms with E-state index in [1.807, 2.05) is 6.92 Å². The lowest BCUT2D eigenvalue weighted by Gasteiger charge is -2.25. The third-order valence-corrected chi connectivity index (χ3v) is 4.27. The lowest BCUT2D eigenvalue weighted by Crippen LogP contribution is -2.55. The highest BCUT2D eigenvalue weighted by atomic mass is 19.4. The highest BCUT2D eigenvalue weighted by Crippen LogP contribution is 2.13. The predicted octanol–water partition coefficient (Wildman–Crippen LogP) is -1.76. The molecule has 1 unspecified atom stereocenters. The Hall–Kier alpha value is -3.63. The summed E-state index contributed by atoms with van der Waals surface area (Å²) >= 11 is 0. The predicted molar refractivity (Wildman–Crippen MR) is 114 cm³/mol. The maximum absolute atomic E-state index is 12.5. The average molecular weight is 516 g/mol. The number of urea groups is 1. The van der Waals surface area contributed by atoms with Crippen molar-refractivity contribution < 1.29 is 52.2 Å². The Labute approximate surface area is 198 Å². The van der Waals surface area contributed by atoms with Crippen LogP contribution in [0.2, 0.25) is 0 Å². The molecule has 0 aliphatic carbocycles. The molecule has 0 saturated carbocycles. The summed E-state index contributed by atoms with van der Waals surface area (Å²) in [7, 11) is 0. The fourth-order valence-corrected chi connectivity index (χ4v) is 2.21. The van der Waals surface area contributed by atoms with Crippen molar-refractivity contribution in [2.75, 3.05) is 19.6 Å². The van der Waals surface area contributed by atoms with Gasteiger partial charge >= 0.3 is 24.1 Å². The number of rotatable bonds is 13. The first-order chi connectivity index (χ1) is 16.1. The molecule has 17 heteroatoms. The van der Waals surface area contributed by atoms with E-state index in [1.54, 1.807) is 6.92 Å². The Morgan fingerprint density at radius 1 is 0.971 bits per heavy atom. The van der Waals surface area contributed by atoms with Crippen LogP contribution in [0.3, 0.4) is 0 Å². The second kappa shape index (κ2) is 16.9. The minimum absolute atomic E-state index is 0.0646. The van der Waals surface area contributed by atoms with Crippen LogP contribution in [0.25, 0.3) is 0 Å². The van der Waals surface area contributed by atoms with E-state index in [9.17, 15) is 42.3 Å². The molecule has 0 aromatic rings. The highest BCUT2D eigenvalue weighted by molar-refractivity contribution is 5.92. The molecule has 0 fully saturated rings. The molecule has 0 bridgehead atoms. The van der Waals surface area contributed by atoms with E-state index in [1.165, 1.54) is 0 Å². The molecule has 14 nitrogen and oxygen atoms in total. The Morgan fingerprint density at radius 2 is 1.51 bits per heavy atom.